The van der Waals surface area contributed by atoms with Gasteiger partial charge < -0.3 is 9.32 Å². The summed E-state index contributed by atoms with van der Waals surface area (Å²) in [4.78, 5) is 46.5. The van der Waals surface area contributed by atoms with Gasteiger partial charge in [-0.05, 0) is 36.8 Å². The number of halogens is 1. The van der Waals surface area contributed by atoms with Crippen molar-refractivity contribution < 1.29 is 14.0 Å². The topological polar surface area (TPSA) is 96.6 Å². The van der Waals surface area contributed by atoms with E-state index in [1.807, 2.05) is 57.2 Å². The number of para-hydroxylation sites is 1. The van der Waals surface area contributed by atoms with Crippen molar-refractivity contribution in [3.05, 3.63) is 115 Å². The van der Waals surface area contributed by atoms with Gasteiger partial charge in [0.2, 0.25) is 10.9 Å². The van der Waals surface area contributed by atoms with E-state index in [-0.39, 0.29) is 39.9 Å². The highest BCUT2D eigenvalue weighted by molar-refractivity contribution is 7.15. The van der Waals surface area contributed by atoms with Crippen molar-refractivity contribution in [1.29, 1.82) is 0 Å². The summed E-state index contributed by atoms with van der Waals surface area (Å²) in [5.74, 6) is -1.21. The smallest absolute Gasteiger partial charge is 0.297 e. The molecule has 0 saturated heterocycles. The number of amides is 2. The SMILES string of the molecule is Cc1cccc(CN2C(=O)C3(c4ccccc42)c2c(oc4ccc(Cl)cc4c2=O)C(=O)N3c2nnc(C(C)C)s2)c1. The molecule has 10 heteroatoms. The van der Waals surface area contributed by atoms with Crippen molar-refractivity contribution in [2.45, 2.75) is 38.8 Å². The molecule has 4 heterocycles. The highest BCUT2D eigenvalue weighted by Crippen LogP contribution is 2.54. The highest BCUT2D eigenvalue weighted by atomic mass is 35.5. The van der Waals surface area contributed by atoms with E-state index in [0.29, 0.717) is 21.3 Å². The summed E-state index contributed by atoms with van der Waals surface area (Å²) in [5, 5.41) is 10.1. The third-order valence-corrected chi connectivity index (χ3v) is 9.07. The Bertz CT molecular complexity index is 1980. The maximum atomic E-state index is 14.9. The number of hydrogen-bond acceptors (Lipinski definition) is 7. The first-order chi connectivity index (χ1) is 19.7. The minimum Gasteiger partial charge on any atom is -0.450 e. The zero-order chi connectivity index (χ0) is 28.6. The van der Waals surface area contributed by atoms with Crippen molar-refractivity contribution in [3.63, 3.8) is 0 Å². The molecule has 5 aromatic rings. The van der Waals surface area contributed by atoms with Crippen LogP contribution in [-0.2, 0) is 16.9 Å². The van der Waals surface area contributed by atoms with Gasteiger partial charge in [0.05, 0.1) is 23.2 Å². The average molecular weight is 583 g/mol. The second kappa shape index (κ2) is 9.09. The van der Waals surface area contributed by atoms with Crippen LogP contribution >= 0.6 is 22.9 Å². The lowest BCUT2D eigenvalue weighted by Crippen LogP contribution is -2.53. The van der Waals surface area contributed by atoms with E-state index < -0.39 is 22.8 Å². The summed E-state index contributed by atoms with van der Waals surface area (Å²) in [5.41, 5.74) is 0.910. The molecule has 8 nitrogen and oxygen atoms in total. The van der Waals surface area contributed by atoms with Crippen LogP contribution in [0.3, 0.4) is 0 Å². The first-order valence-electron chi connectivity index (χ1n) is 13.1. The fourth-order valence-electron chi connectivity index (χ4n) is 5.84. The van der Waals surface area contributed by atoms with Gasteiger partial charge in [-0.15, -0.1) is 10.2 Å². The van der Waals surface area contributed by atoms with E-state index in [4.69, 9.17) is 16.0 Å². The lowest BCUT2D eigenvalue weighted by molar-refractivity contribution is -0.121. The van der Waals surface area contributed by atoms with Gasteiger partial charge in [-0.1, -0.05) is 84.8 Å². The zero-order valence-electron chi connectivity index (χ0n) is 22.3. The molecule has 0 fully saturated rings. The molecule has 0 saturated carbocycles. The number of carbonyl (C=O) groups excluding carboxylic acids is 2. The molecule has 0 N–H and O–H groups in total. The van der Waals surface area contributed by atoms with Crippen LogP contribution in [-0.4, -0.2) is 22.0 Å². The summed E-state index contributed by atoms with van der Waals surface area (Å²) >= 11 is 7.48. The van der Waals surface area contributed by atoms with Crippen LogP contribution in [0.5, 0.6) is 0 Å². The van der Waals surface area contributed by atoms with E-state index in [1.165, 1.54) is 22.3 Å². The van der Waals surface area contributed by atoms with E-state index in [0.717, 1.165) is 11.1 Å². The fourth-order valence-corrected chi connectivity index (χ4v) is 6.90. The summed E-state index contributed by atoms with van der Waals surface area (Å²) < 4.78 is 6.11. The number of carbonyl (C=O) groups is 2. The summed E-state index contributed by atoms with van der Waals surface area (Å²) in [6, 6.07) is 19.8. The van der Waals surface area contributed by atoms with Gasteiger partial charge >= 0.3 is 0 Å². The van der Waals surface area contributed by atoms with Crippen LogP contribution in [0.4, 0.5) is 10.8 Å². The quantitative estimate of drug-likeness (QED) is 0.251. The molecular weight excluding hydrogens is 560 g/mol. The van der Waals surface area contributed by atoms with Crippen LogP contribution in [0.1, 0.15) is 57.6 Å². The molecule has 1 atom stereocenters. The van der Waals surface area contributed by atoms with Crippen LogP contribution in [0.25, 0.3) is 11.0 Å². The van der Waals surface area contributed by atoms with Gasteiger partial charge in [-0.2, -0.15) is 0 Å². The number of rotatable bonds is 4. The summed E-state index contributed by atoms with van der Waals surface area (Å²) in [6.07, 6.45) is 0. The summed E-state index contributed by atoms with van der Waals surface area (Å²) in [7, 11) is 0. The highest BCUT2D eigenvalue weighted by Gasteiger charge is 2.66. The maximum absolute atomic E-state index is 14.9. The summed E-state index contributed by atoms with van der Waals surface area (Å²) in [6.45, 7) is 6.18. The van der Waals surface area contributed by atoms with Crippen LogP contribution < -0.4 is 15.2 Å². The van der Waals surface area contributed by atoms with Gasteiger partial charge in [0.25, 0.3) is 11.8 Å². The monoisotopic (exact) mass is 582 g/mol. The lowest BCUT2D eigenvalue weighted by atomic mass is 9.84. The van der Waals surface area contributed by atoms with E-state index in [2.05, 4.69) is 10.2 Å². The first-order valence-corrected chi connectivity index (χ1v) is 14.3. The van der Waals surface area contributed by atoms with Gasteiger partial charge in [0.15, 0.2) is 11.0 Å². The third kappa shape index (κ3) is 3.55. The average Bonchev–Trinajstić information content (AvgIpc) is 3.60. The van der Waals surface area contributed by atoms with E-state index >= 15 is 0 Å². The number of aryl methyl sites for hydroxylation is 1. The second-order valence-corrected chi connectivity index (χ2v) is 12.0. The van der Waals surface area contributed by atoms with Crippen LogP contribution in [0.15, 0.2) is 75.9 Å². The lowest BCUT2D eigenvalue weighted by Gasteiger charge is -2.32. The molecule has 0 aliphatic carbocycles. The van der Waals surface area contributed by atoms with Crippen molar-refractivity contribution >= 4 is 56.5 Å². The molecule has 2 aromatic heterocycles. The van der Waals surface area contributed by atoms with Gasteiger partial charge in [-0.25, -0.2) is 0 Å². The molecule has 0 bridgehead atoms. The van der Waals surface area contributed by atoms with Gasteiger partial charge in [0.1, 0.15) is 10.6 Å². The maximum Gasteiger partial charge on any atom is 0.297 e. The Hall–Kier alpha value is -4.34. The number of aromatic nitrogens is 2. The normalized spacial score (nSPS) is 17.8. The minimum absolute atomic E-state index is 0.0391. The van der Waals surface area contributed by atoms with E-state index in [1.54, 1.807) is 29.2 Å². The van der Waals surface area contributed by atoms with Gasteiger partial charge in [-0.3, -0.25) is 19.3 Å². The number of nitrogens with zero attached hydrogens (tertiary/aromatic N) is 4. The predicted molar refractivity (Wildman–Crippen MR) is 158 cm³/mol. The van der Waals surface area contributed by atoms with Gasteiger partial charge in [0, 0.05) is 16.5 Å². The third-order valence-electron chi connectivity index (χ3n) is 7.62. The molecule has 1 spiro atoms. The van der Waals surface area contributed by atoms with E-state index in [9.17, 15) is 14.4 Å². The molecule has 2 aliphatic rings. The van der Waals surface area contributed by atoms with Crippen molar-refractivity contribution in [2.24, 2.45) is 0 Å². The molecule has 0 radical (unpaired) electrons. The Morgan fingerprint density at radius 3 is 2.56 bits per heavy atom. The number of benzene rings is 3. The number of anilines is 2. The molecule has 2 aliphatic heterocycles. The van der Waals surface area contributed by atoms with Crippen molar-refractivity contribution in [2.75, 3.05) is 9.80 Å². The van der Waals surface area contributed by atoms with Crippen molar-refractivity contribution in [1.82, 2.24) is 10.2 Å². The minimum atomic E-state index is -1.84. The Morgan fingerprint density at radius 2 is 1.80 bits per heavy atom. The zero-order valence-corrected chi connectivity index (χ0v) is 23.9. The molecular formula is C31H23ClN4O4S. The molecule has 41 heavy (non-hydrogen) atoms. The molecule has 2 amide bonds. The Balaban J connectivity index is 1.55. The van der Waals surface area contributed by atoms with Crippen LogP contribution in [0, 0.1) is 6.92 Å². The van der Waals surface area contributed by atoms with Crippen molar-refractivity contribution in [3.8, 4) is 0 Å². The molecule has 3 aromatic carbocycles. The first kappa shape index (κ1) is 25.6. The fraction of sp³-hybridized carbons (Fsp3) is 0.194. The van der Waals surface area contributed by atoms with Crippen LogP contribution in [0.2, 0.25) is 5.02 Å². The molecule has 1 unspecified atom stereocenters. The Morgan fingerprint density at radius 1 is 1.00 bits per heavy atom. The Kier molecular flexibility index (Phi) is 5.68. The second-order valence-electron chi connectivity index (χ2n) is 10.6. The largest absolute Gasteiger partial charge is 0.450 e. The predicted octanol–water partition coefficient (Wildman–Crippen LogP) is 6.18. The number of fused-ring (bicyclic) bond motifs is 5. The molecule has 7 rings (SSSR count). The number of hydrogen-bond donors (Lipinski definition) is 0. The standard InChI is InChI=1S/C31H23ClN4O4S/c1-16(2)27-33-34-30(41-27)36-28(38)26-24(25(37)20-14-19(32)11-12-23(20)40-26)31(36)21-9-4-5-10-22(21)35(29(31)39)15-18-8-6-7-17(3)13-18/h4-14,16H,15H2,1-3H3. The molecule has 204 valence electrons. The Labute approximate surface area is 243 Å².